The molecule has 0 heterocycles. The fourth-order valence-electron chi connectivity index (χ4n) is 5.66. The van der Waals surface area contributed by atoms with Crippen LogP contribution in [0.5, 0.6) is 0 Å². The third-order valence-corrected chi connectivity index (χ3v) is 7.92. The van der Waals surface area contributed by atoms with Crippen molar-refractivity contribution in [2.45, 2.75) is 0 Å². The Bertz CT molecular complexity index is 2920. The summed E-state index contributed by atoms with van der Waals surface area (Å²) in [4.78, 5) is 1.17. The zero-order valence-corrected chi connectivity index (χ0v) is 25.0. The Morgan fingerprint density at radius 2 is 0.872 bits per heavy atom. The first-order chi connectivity index (χ1) is 28.7. The van der Waals surface area contributed by atoms with E-state index in [9.17, 15) is 8.22 Å². The normalized spacial score (nSPS) is 14.9. The van der Waals surface area contributed by atoms with Gasteiger partial charge in [0.2, 0.25) is 0 Å². The van der Waals surface area contributed by atoms with Gasteiger partial charge < -0.3 is 4.90 Å². The monoisotopic (exact) mass is 612 g/mol. The van der Waals surface area contributed by atoms with Crippen LogP contribution in [0, 0.1) is 0 Å². The van der Waals surface area contributed by atoms with Crippen LogP contribution in [-0.2, 0) is 0 Å². The Balaban J connectivity index is 1.43. The van der Waals surface area contributed by atoms with E-state index in [0.29, 0.717) is 16.5 Å². The van der Waals surface area contributed by atoms with Crippen molar-refractivity contribution in [1.29, 1.82) is 0 Å². The van der Waals surface area contributed by atoms with E-state index in [4.69, 9.17) is 9.60 Å². The van der Waals surface area contributed by atoms with Gasteiger partial charge in [0, 0.05) is 17.1 Å². The van der Waals surface area contributed by atoms with Gasteiger partial charge in [-0.25, -0.2) is 0 Å². The molecule has 222 valence electrons. The van der Waals surface area contributed by atoms with Crippen LogP contribution in [0.15, 0.2) is 200 Å². The summed E-state index contributed by atoms with van der Waals surface area (Å²) in [5.74, 6) is 0. The van der Waals surface area contributed by atoms with Gasteiger partial charge in [0.15, 0.2) is 0 Å². The summed E-state index contributed by atoms with van der Waals surface area (Å²) in [7, 11) is 0. The molecule has 0 aromatic heterocycles. The number of hydrogen-bond acceptors (Lipinski definition) is 1. The number of fused-ring (bicyclic) bond motifs is 1. The molecule has 0 aliphatic carbocycles. The molecular formula is C46H33N. The summed E-state index contributed by atoms with van der Waals surface area (Å²) in [6, 6.07) is 28.7. The van der Waals surface area contributed by atoms with Crippen LogP contribution in [0.1, 0.15) is 17.8 Å². The lowest BCUT2D eigenvalue weighted by atomic mass is 9.89. The van der Waals surface area contributed by atoms with Crippen LogP contribution in [-0.4, -0.2) is 0 Å². The van der Waals surface area contributed by atoms with Gasteiger partial charge in [0.25, 0.3) is 0 Å². The summed E-state index contributed by atoms with van der Waals surface area (Å²) in [6.07, 6.45) is 0. The van der Waals surface area contributed by atoms with Crippen molar-refractivity contribution in [2.75, 3.05) is 4.90 Å². The summed E-state index contributed by atoms with van der Waals surface area (Å²) in [6.45, 7) is 0. The van der Waals surface area contributed by atoms with Crippen LogP contribution < -0.4 is 4.90 Å². The maximum absolute atomic E-state index is 9.60. The van der Waals surface area contributed by atoms with Crippen molar-refractivity contribution >= 4 is 27.8 Å². The second-order valence-corrected chi connectivity index (χ2v) is 10.8. The van der Waals surface area contributed by atoms with Crippen LogP contribution in [0.3, 0.4) is 0 Å². The third kappa shape index (κ3) is 5.72. The maximum atomic E-state index is 9.60. The predicted octanol–water partition coefficient (Wildman–Crippen LogP) is 13.0. The summed E-state index contributed by atoms with van der Waals surface area (Å²) < 4.78 is 117. The van der Waals surface area contributed by atoms with Gasteiger partial charge in [0.1, 0.15) is 0 Å². The molecule has 0 saturated carbocycles. The molecule has 0 spiro atoms. The summed E-state index contributed by atoms with van der Waals surface area (Å²) >= 11 is 0. The molecule has 1 nitrogen and oxygen atoms in total. The molecule has 0 amide bonds. The lowest BCUT2D eigenvalue weighted by Crippen LogP contribution is -2.09. The van der Waals surface area contributed by atoms with E-state index in [1.807, 2.05) is 97.1 Å². The van der Waals surface area contributed by atoms with Gasteiger partial charge in [-0.2, -0.15) is 0 Å². The van der Waals surface area contributed by atoms with Crippen molar-refractivity contribution in [3.8, 4) is 44.5 Å². The Hall–Kier alpha value is -6.18. The van der Waals surface area contributed by atoms with Crippen molar-refractivity contribution in [3.05, 3.63) is 200 Å². The van der Waals surface area contributed by atoms with Crippen LogP contribution >= 0.6 is 0 Å². The quantitative estimate of drug-likeness (QED) is 0.173. The van der Waals surface area contributed by atoms with Gasteiger partial charge in [-0.3, -0.25) is 0 Å². The average molecular weight is 613 g/mol. The fraction of sp³-hybridized carbons (Fsp3) is 0. The topological polar surface area (TPSA) is 3.24 Å². The molecule has 0 N–H and O–H groups in total. The minimum Gasteiger partial charge on any atom is -0.311 e. The summed E-state index contributed by atoms with van der Waals surface area (Å²) in [5.41, 5.74) is 2.02. The molecule has 8 aromatic carbocycles. The molecule has 0 radical (unpaired) electrons. The number of nitrogens with zero attached hydrogens (tertiary/aromatic N) is 1. The van der Waals surface area contributed by atoms with Crippen molar-refractivity contribution < 1.29 is 17.8 Å². The van der Waals surface area contributed by atoms with Gasteiger partial charge in [0.05, 0.1) is 17.8 Å². The zero-order chi connectivity index (χ0) is 42.7. The van der Waals surface area contributed by atoms with E-state index in [2.05, 4.69) is 0 Å². The molecule has 0 unspecified atom stereocenters. The van der Waals surface area contributed by atoms with E-state index in [1.54, 1.807) is 24.3 Å². The smallest absolute Gasteiger partial charge is 0.0645 e. The van der Waals surface area contributed by atoms with E-state index in [-0.39, 0.29) is 16.9 Å². The SMILES string of the molecule is [2H]c1c([2H])c([2H])c(-c2c([2H])c([2H])c(N(c3ccc(-c4ccccc4)cc3)c3c([2H])c([2H])c(-c4c(-c5ccccc5)ccc5ccccc45)c([2H])c3[2H])c([2H])c2[2H])c([2H])c1[2H]. The number of rotatable bonds is 7. The number of benzene rings is 8. The largest absolute Gasteiger partial charge is 0.311 e. The van der Waals surface area contributed by atoms with E-state index in [0.717, 1.165) is 22.1 Å². The minimum atomic E-state index is -0.731. The van der Waals surface area contributed by atoms with Crippen LogP contribution in [0.2, 0.25) is 0 Å². The molecule has 0 aliphatic rings. The molecule has 0 fully saturated rings. The standard InChI is InChI=1S/C46H33N/c1-4-12-34(13-5-1)36-20-27-41(28-21-36)47(42-29-22-37(23-30-42)35-14-6-2-7-15-35)43-31-24-40(25-32-43)46-44-19-11-10-18-39(44)26-33-45(46)38-16-8-3-9-17-38/h1-33H/i1D,4D,5D,12D,13D,20D,21D,24D,25D,27D,28D,31D,32D. The van der Waals surface area contributed by atoms with Gasteiger partial charge >= 0.3 is 0 Å². The molecule has 1 heteroatoms. The Morgan fingerprint density at radius 1 is 0.340 bits per heavy atom. The highest BCUT2D eigenvalue weighted by Gasteiger charge is 2.16. The number of hydrogen-bond donors (Lipinski definition) is 0. The lowest BCUT2D eigenvalue weighted by Gasteiger charge is -2.26. The second kappa shape index (κ2) is 12.7. The molecule has 0 aliphatic heterocycles. The first kappa shape index (κ1) is 17.5. The predicted molar refractivity (Wildman–Crippen MR) is 200 cm³/mol. The highest BCUT2D eigenvalue weighted by molar-refractivity contribution is 6.04. The van der Waals surface area contributed by atoms with Gasteiger partial charge in [-0.05, 0) is 91.6 Å². The van der Waals surface area contributed by atoms with Crippen molar-refractivity contribution in [3.63, 3.8) is 0 Å². The highest BCUT2D eigenvalue weighted by Crippen LogP contribution is 2.41. The molecule has 8 rings (SSSR count). The first-order valence-electron chi connectivity index (χ1n) is 21.6. The zero-order valence-electron chi connectivity index (χ0n) is 38.0. The fourth-order valence-corrected chi connectivity index (χ4v) is 5.66. The van der Waals surface area contributed by atoms with Gasteiger partial charge in [-0.1, -0.05) is 164 Å². The first-order valence-corrected chi connectivity index (χ1v) is 15.1. The second-order valence-electron chi connectivity index (χ2n) is 10.8. The van der Waals surface area contributed by atoms with Gasteiger partial charge in [-0.15, -0.1) is 0 Å². The highest BCUT2D eigenvalue weighted by atomic mass is 15.1. The molecule has 0 bridgehead atoms. The number of anilines is 3. The Morgan fingerprint density at radius 3 is 1.53 bits per heavy atom. The summed E-state index contributed by atoms with van der Waals surface area (Å²) in [5, 5.41) is 1.51. The Labute approximate surface area is 294 Å². The maximum Gasteiger partial charge on any atom is 0.0645 e. The molecule has 0 atom stereocenters. The lowest BCUT2D eigenvalue weighted by molar-refractivity contribution is 1.28. The van der Waals surface area contributed by atoms with Crippen LogP contribution in [0.25, 0.3) is 55.3 Å². The third-order valence-electron chi connectivity index (χ3n) is 7.92. The Kier molecular flexibility index (Phi) is 4.72. The van der Waals surface area contributed by atoms with E-state index < -0.39 is 95.4 Å². The van der Waals surface area contributed by atoms with Crippen molar-refractivity contribution in [1.82, 2.24) is 0 Å². The molecule has 0 saturated heterocycles. The average Bonchev–Trinajstić information content (AvgIpc) is 3.27. The molecule has 47 heavy (non-hydrogen) atoms. The van der Waals surface area contributed by atoms with E-state index >= 15 is 0 Å². The molecule has 8 aromatic rings. The minimum absolute atomic E-state index is 0.0277. The van der Waals surface area contributed by atoms with Crippen LogP contribution in [0.4, 0.5) is 17.1 Å². The molecular weight excluding hydrogens is 567 g/mol. The van der Waals surface area contributed by atoms with E-state index in [1.165, 1.54) is 4.90 Å². The van der Waals surface area contributed by atoms with Crippen molar-refractivity contribution in [2.24, 2.45) is 0 Å².